The molecule has 4 heterocycles. The Bertz CT molecular complexity index is 2300. The number of rotatable bonds is 12. The predicted octanol–water partition coefficient (Wildman–Crippen LogP) is 5.71. The maximum atomic E-state index is 14.5. The standard InChI is InChI=1S/C39H39N6O8PS2/c1-5-23-54(31-15-9-6-10-16-31,32-17-11-7-12-18-32,33-19-13-8-14-20-33)53-56(49,50)52-45-30-24-29(26-42(27-30)37(45)47)43-22-21-35(41-43)44(38(48)51-39(2,3)4)36(46)34-25-40-28-55-34/h5-22,24-25,28,30H,1,23,26-27H2,2-4H3. The van der Waals surface area contributed by atoms with E-state index >= 15 is 0 Å². The number of imide groups is 1. The van der Waals surface area contributed by atoms with Crippen LogP contribution in [-0.2, 0) is 23.4 Å². The maximum absolute atomic E-state index is 14.5. The quantitative estimate of drug-likeness (QED) is 0.113. The SMILES string of the molecule is C=CCP(OS(=O)(=O)ON1C(=O)N2CC(n3ccc(N(C(=O)OC(C)(C)C)C(=O)c4cncs4)n3)=CC1C2)(c1ccccc1)(c1ccccc1)c1ccccc1. The van der Waals surface area contributed by atoms with Crippen LogP contribution in [0.2, 0.25) is 0 Å². The normalized spacial score (nSPS) is 16.5. The van der Waals surface area contributed by atoms with Crippen molar-refractivity contribution in [2.45, 2.75) is 32.4 Å². The number of allylic oxidation sites excluding steroid dienone is 1. The van der Waals surface area contributed by atoms with Gasteiger partial charge < -0.3 is 4.74 Å². The van der Waals surface area contributed by atoms with Gasteiger partial charge in [-0.2, -0.15) is 0 Å². The van der Waals surface area contributed by atoms with E-state index in [0.29, 0.717) is 21.6 Å². The molecule has 14 nitrogen and oxygen atoms in total. The number of anilines is 1. The van der Waals surface area contributed by atoms with Crippen LogP contribution in [0.15, 0.2) is 134 Å². The average molecular weight is 815 g/mol. The zero-order valence-electron chi connectivity index (χ0n) is 30.7. The van der Waals surface area contributed by atoms with Gasteiger partial charge in [0.05, 0.1) is 11.7 Å². The number of nitrogens with zero attached hydrogens (tertiary/aromatic N) is 6. The van der Waals surface area contributed by atoms with Gasteiger partial charge in [-0.3, -0.25) is 9.78 Å². The Kier molecular flexibility index (Phi) is 10.3. The summed E-state index contributed by atoms with van der Waals surface area (Å²) < 4.78 is 48.2. The number of carbonyl (C=O) groups is 3. The molecule has 2 aliphatic heterocycles. The second kappa shape index (κ2) is 14.9. The van der Waals surface area contributed by atoms with Crippen molar-refractivity contribution >= 4 is 74.0 Å². The fraction of sp³-hybridized carbons (Fsp3) is 0.205. The molecular formula is C39H39N6O8PS2. The van der Waals surface area contributed by atoms with Gasteiger partial charge in [-0.25, -0.2) is 4.79 Å². The predicted molar refractivity (Wildman–Crippen MR) is 216 cm³/mol. The molecule has 17 heteroatoms. The Balaban J connectivity index is 1.23. The molecular weight excluding hydrogens is 776 g/mol. The Hall–Kier alpha value is -5.51. The molecule has 1 saturated heterocycles. The number of ether oxygens (including phenoxy) is 1. The summed E-state index contributed by atoms with van der Waals surface area (Å²) in [5, 5.41) is 7.14. The first-order valence-corrected chi connectivity index (χ1v) is 22.1. The van der Waals surface area contributed by atoms with Gasteiger partial charge in [0.2, 0.25) is 0 Å². The minimum absolute atomic E-state index is 0.0143. The van der Waals surface area contributed by atoms with E-state index in [2.05, 4.69) is 16.7 Å². The van der Waals surface area contributed by atoms with Crippen molar-refractivity contribution in [3.63, 3.8) is 0 Å². The topological polar surface area (TPSA) is 153 Å². The van der Waals surface area contributed by atoms with E-state index in [1.54, 1.807) is 32.9 Å². The van der Waals surface area contributed by atoms with E-state index in [1.165, 1.54) is 33.6 Å². The van der Waals surface area contributed by atoms with Crippen LogP contribution in [0.4, 0.5) is 15.4 Å². The van der Waals surface area contributed by atoms with Crippen LogP contribution in [0.25, 0.3) is 5.70 Å². The van der Waals surface area contributed by atoms with Gasteiger partial charge in [-0.05, 0) is 20.8 Å². The minimum atomic E-state index is -5.03. The molecule has 5 aromatic rings. The van der Waals surface area contributed by atoms with Crippen molar-refractivity contribution in [2.75, 3.05) is 24.2 Å². The second-order valence-electron chi connectivity index (χ2n) is 14.1. The van der Waals surface area contributed by atoms with Crippen molar-refractivity contribution in [1.29, 1.82) is 0 Å². The van der Waals surface area contributed by atoms with Gasteiger partial charge >= 0.3 is 256 Å². The number of urea groups is 1. The van der Waals surface area contributed by atoms with Crippen LogP contribution >= 0.6 is 18.2 Å². The van der Waals surface area contributed by atoms with Gasteiger partial charge in [0, 0.05) is 0 Å². The van der Waals surface area contributed by atoms with E-state index in [-0.39, 0.29) is 29.9 Å². The molecule has 2 bridgehead atoms. The van der Waals surface area contributed by atoms with E-state index in [1.807, 2.05) is 91.0 Å². The fourth-order valence-electron chi connectivity index (χ4n) is 6.94. The zero-order valence-corrected chi connectivity index (χ0v) is 33.3. The van der Waals surface area contributed by atoms with Crippen LogP contribution in [-0.4, -0.2) is 82.1 Å². The molecule has 3 aromatic carbocycles. The van der Waals surface area contributed by atoms with Crippen LogP contribution in [0.1, 0.15) is 30.4 Å². The molecule has 0 saturated carbocycles. The van der Waals surface area contributed by atoms with Crippen LogP contribution in [0, 0.1) is 0 Å². The molecule has 0 aliphatic carbocycles. The first-order chi connectivity index (χ1) is 26.7. The second-order valence-corrected chi connectivity index (χ2v) is 20.9. The van der Waals surface area contributed by atoms with Crippen molar-refractivity contribution < 1.29 is 35.8 Å². The summed E-state index contributed by atoms with van der Waals surface area (Å²) in [6.45, 7) is 4.72. The summed E-state index contributed by atoms with van der Waals surface area (Å²) in [6, 6.07) is 27.3. The number of hydrogen-bond donors (Lipinski definition) is 0. The van der Waals surface area contributed by atoms with E-state index in [0.717, 1.165) is 21.3 Å². The number of fused-ring (bicyclic) bond motifs is 2. The van der Waals surface area contributed by atoms with Crippen molar-refractivity contribution in [1.82, 2.24) is 24.7 Å². The number of amides is 4. The molecule has 2 aliphatic rings. The number of thiazole rings is 1. The number of carbonyl (C=O) groups excluding carboxylic acids is 3. The summed E-state index contributed by atoms with van der Waals surface area (Å²) >= 11 is 1.06. The first kappa shape index (κ1) is 38.8. The third-order valence-corrected chi connectivity index (χ3v) is 17.5. The zero-order chi connectivity index (χ0) is 39.7. The van der Waals surface area contributed by atoms with Crippen LogP contribution < -0.4 is 20.8 Å². The Morgan fingerprint density at radius 1 is 0.964 bits per heavy atom. The van der Waals surface area contributed by atoms with E-state index in [9.17, 15) is 22.8 Å². The molecule has 7 rings (SSSR count). The number of benzene rings is 3. The number of aromatic nitrogens is 3. The summed E-state index contributed by atoms with van der Waals surface area (Å²) in [7, 11) is -5.03. The molecule has 4 amide bonds. The Labute approximate surface area is 328 Å². The Morgan fingerprint density at radius 2 is 1.55 bits per heavy atom. The molecule has 0 radical (unpaired) electrons. The molecule has 56 heavy (non-hydrogen) atoms. The third kappa shape index (κ3) is 7.06. The summed E-state index contributed by atoms with van der Waals surface area (Å²) in [6.07, 6.45) is 5.32. The van der Waals surface area contributed by atoms with Crippen molar-refractivity contribution in [3.05, 3.63) is 139 Å². The summed E-state index contributed by atoms with van der Waals surface area (Å²) in [5.41, 5.74) is 1.02. The van der Waals surface area contributed by atoms with Crippen LogP contribution in [0.3, 0.4) is 0 Å². The summed E-state index contributed by atoms with van der Waals surface area (Å²) in [4.78, 5) is 46.9. The first-order valence-electron chi connectivity index (χ1n) is 17.5. The average Bonchev–Trinajstić information content (AvgIpc) is 3.94. The monoisotopic (exact) mass is 814 g/mol. The van der Waals surface area contributed by atoms with Gasteiger partial charge in [-0.1, -0.05) is 0 Å². The molecule has 2 aromatic heterocycles. The number of hydrogen-bond acceptors (Lipinski definition) is 11. The van der Waals surface area contributed by atoms with Crippen LogP contribution in [0.5, 0.6) is 0 Å². The molecule has 0 spiro atoms. The fourth-order valence-corrected chi connectivity index (χ4v) is 15.3. The van der Waals surface area contributed by atoms with Crippen molar-refractivity contribution in [3.8, 4) is 0 Å². The van der Waals surface area contributed by atoms with Gasteiger partial charge in [0.15, 0.2) is 0 Å². The molecule has 1 fully saturated rings. The molecule has 0 N–H and O–H groups in total. The summed E-state index contributed by atoms with van der Waals surface area (Å²) in [5.74, 6) is -0.707. The van der Waals surface area contributed by atoms with Gasteiger partial charge in [-0.15, -0.1) is 11.3 Å². The van der Waals surface area contributed by atoms with Gasteiger partial charge in [0.1, 0.15) is 10.5 Å². The van der Waals surface area contributed by atoms with E-state index < -0.39 is 46.9 Å². The third-order valence-electron chi connectivity index (χ3n) is 9.24. The Morgan fingerprint density at radius 3 is 2.07 bits per heavy atom. The van der Waals surface area contributed by atoms with E-state index in [4.69, 9.17) is 13.0 Å². The van der Waals surface area contributed by atoms with Crippen molar-refractivity contribution in [2.24, 2.45) is 0 Å². The van der Waals surface area contributed by atoms with Gasteiger partial charge in [0.25, 0.3) is 0 Å². The molecule has 1 unspecified atom stereocenters. The number of hydroxylamine groups is 2. The molecule has 1 atom stereocenters. The molecule has 290 valence electrons.